The number of hydrogen-bond donors (Lipinski definition) is 1. The molecule has 15 heavy (non-hydrogen) atoms. The van der Waals surface area contributed by atoms with E-state index in [1.807, 2.05) is 42.5 Å². The molecule has 1 heterocycles. The highest BCUT2D eigenvalue weighted by Crippen LogP contribution is 2.16. The Hall–Kier alpha value is -1.48. The molecule has 0 spiro atoms. The van der Waals surface area contributed by atoms with Crippen molar-refractivity contribution in [2.45, 2.75) is 11.5 Å². The van der Waals surface area contributed by atoms with Crippen LogP contribution in [0, 0.1) is 0 Å². The summed E-state index contributed by atoms with van der Waals surface area (Å²) in [6.45, 7) is 0.484. The lowest BCUT2D eigenvalue weighted by atomic mass is 10.3. The van der Waals surface area contributed by atoms with E-state index in [1.165, 1.54) is 0 Å². The third kappa shape index (κ3) is 2.99. The second-order valence-corrected chi connectivity index (χ2v) is 3.62. The summed E-state index contributed by atoms with van der Waals surface area (Å²) in [5, 5.41) is 0. The molecule has 0 unspecified atom stereocenters. The summed E-state index contributed by atoms with van der Waals surface area (Å²) in [7, 11) is 0. The predicted octanol–water partition coefficient (Wildman–Crippen LogP) is 2.95. The van der Waals surface area contributed by atoms with E-state index in [0.29, 0.717) is 6.61 Å². The molecular weight excluding hydrogens is 206 g/mol. The Bertz CT molecular complexity index is 431. The van der Waals surface area contributed by atoms with Crippen LogP contribution in [0.2, 0.25) is 0 Å². The fourth-order valence-electron chi connectivity index (χ4n) is 1.21. The Kier molecular flexibility index (Phi) is 3.25. The molecule has 2 rings (SSSR count). The molecule has 2 nitrogen and oxygen atoms in total. The third-order valence-corrected chi connectivity index (χ3v) is 2.21. The highest BCUT2D eigenvalue weighted by atomic mass is 32.1. The summed E-state index contributed by atoms with van der Waals surface area (Å²) in [5.74, 6) is 0.813. The standard InChI is InChI=1S/C12H11NOS/c15-12-6-3-5-11(8-12)14-9-10-4-1-2-7-13-10/h1-8,15H,9H2. The Morgan fingerprint density at radius 1 is 1.13 bits per heavy atom. The first-order valence-corrected chi connectivity index (χ1v) is 5.11. The summed E-state index contributed by atoms with van der Waals surface area (Å²) in [4.78, 5) is 5.07. The largest absolute Gasteiger partial charge is 0.487 e. The van der Waals surface area contributed by atoms with Gasteiger partial charge in [0.1, 0.15) is 12.4 Å². The summed E-state index contributed by atoms with van der Waals surface area (Å²) < 4.78 is 5.56. The van der Waals surface area contributed by atoms with Gasteiger partial charge in [0.2, 0.25) is 0 Å². The van der Waals surface area contributed by atoms with Gasteiger partial charge < -0.3 is 4.74 Å². The van der Waals surface area contributed by atoms with Crippen LogP contribution in [-0.2, 0) is 6.61 Å². The monoisotopic (exact) mass is 217 g/mol. The first kappa shape index (κ1) is 10.1. The second kappa shape index (κ2) is 4.84. The fraction of sp³-hybridized carbons (Fsp3) is 0.0833. The smallest absolute Gasteiger partial charge is 0.130 e. The minimum Gasteiger partial charge on any atom is -0.487 e. The van der Waals surface area contributed by atoms with Crippen LogP contribution < -0.4 is 4.74 Å². The van der Waals surface area contributed by atoms with E-state index in [-0.39, 0.29) is 0 Å². The van der Waals surface area contributed by atoms with Crippen LogP contribution in [0.4, 0.5) is 0 Å². The highest BCUT2D eigenvalue weighted by Gasteiger charge is 1.96. The fourth-order valence-corrected chi connectivity index (χ4v) is 1.43. The lowest BCUT2D eigenvalue weighted by molar-refractivity contribution is 0.300. The molecule has 0 aliphatic rings. The van der Waals surface area contributed by atoms with Crippen molar-refractivity contribution in [3.63, 3.8) is 0 Å². The minimum atomic E-state index is 0.484. The van der Waals surface area contributed by atoms with Crippen molar-refractivity contribution in [3.8, 4) is 5.75 Å². The molecule has 0 aliphatic heterocycles. The lowest BCUT2D eigenvalue weighted by Crippen LogP contribution is -1.97. The zero-order chi connectivity index (χ0) is 10.5. The lowest BCUT2D eigenvalue weighted by Gasteiger charge is -2.05. The number of benzene rings is 1. The Morgan fingerprint density at radius 2 is 2.07 bits per heavy atom. The van der Waals surface area contributed by atoms with Crippen LogP contribution in [-0.4, -0.2) is 4.98 Å². The molecule has 1 aromatic carbocycles. The molecule has 0 N–H and O–H groups in total. The van der Waals surface area contributed by atoms with Crippen LogP contribution in [0.3, 0.4) is 0 Å². The zero-order valence-corrected chi connectivity index (χ0v) is 9.02. The number of rotatable bonds is 3. The first-order chi connectivity index (χ1) is 7.34. The predicted molar refractivity (Wildman–Crippen MR) is 62.3 cm³/mol. The van der Waals surface area contributed by atoms with Crippen molar-refractivity contribution < 1.29 is 4.74 Å². The van der Waals surface area contributed by atoms with Gasteiger partial charge in [-0.3, -0.25) is 4.98 Å². The van der Waals surface area contributed by atoms with Gasteiger partial charge in [-0.1, -0.05) is 12.1 Å². The number of nitrogens with zero attached hydrogens (tertiary/aromatic N) is 1. The van der Waals surface area contributed by atoms with Crippen LogP contribution in [0.1, 0.15) is 5.69 Å². The Morgan fingerprint density at radius 3 is 2.80 bits per heavy atom. The normalized spacial score (nSPS) is 9.93. The number of pyridine rings is 1. The molecule has 1 aromatic heterocycles. The van der Waals surface area contributed by atoms with Crippen LogP contribution >= 0.6 is 12.6 Å². The van der Waals surface area contributed by atoms with E-state index < -0.39 is 0 Å². The molecule has 0 fully saturated rings. The summed E-state index contributed by atoms with van der Waals surface area (Å²) in [6.07, 6.45) is 1.76. The maximum Gasteiger partial charge on any atom is 0.130 e. The van der Waals surface area contributed by atoms with E-state index >= 15 is 0 Å². The molecule has 0 saturated heterocycles. The maximum atomic E-state index is 5.56. The van der Waals surface area contributed by atoms with Gasteiger partial charge in [-0.2, -0.15) is 0 Å². The van der Waals surface area contributed by atoms with E-state index in [9.17, 15) is 0 Å². The number of ether oxygens (including phenoxy) is 1. The molecule has 0 amide bonds. The summed E-state index contributed by atoms with van der Waals surface area (Å²) >= 11 is 4.24. The molecule has 0 atom stereocenters. The van der Waals surface area contributed by atoms with Gasteiger partial charge in [-0.25, -0.2) is 0 Å². The highest BCUT2D eigenvalue weighted by molar-refractivity contribution is 7.80. The molecule has 3 heteroatoms. The van der Waals surface area contributed by atoms with E-state index in [4.69, 9.17) is 4.74 Å². The van der Waals surface area contributed by atoms with Crippen molar-refractivity contribution in [1.82, 2.24) is 4.98 Å². The number of aromatic nitrogens is 1. The Labute approximate surface area is 94.3 Å². The van der Waals surface area contributed by atoms with Gasteiger partial charge in [-0.05, 0) is 30.3 Å². The third-order valence-electron chi connectivity index (χ3n) is 1.93. The van der Waals surface area contributed by atoms with Crippen LogP contribution in [0.25, 0.3) is 0 Å². The van der Waals surface area contributed by atoms with Gasteiger partial charge in [0.15, 0.2) is 0 Å². The average molecular weight is 217 g/mol. The van der Waals surface area contributed by atoms with Crippen LogP contribution in [0.15, 0.2) is 53.6 Å². The molecule has 76 valence electrons. The van der Waals surface area contributed by atoms with Crippen molar-refractivity contribution >= 4 is 12.6 Å². The molecule has 0 saturated carbocycles. The quantitative estimate of drug-likeness (QED) is 0.798. The second-order valence-electron chi connectivity index (χ2n) is 3.11. The average Bonchev–Trinajstić information content (AvgIpc) is 2.28. The van der Waals surface area contributed by atoms with Crippen LogP contribution in [0.5, 0.6) is 5.75 Å². The Balaban J connectivity index is 1.99. The molecule has 2 aromatic rings. The van der Waals surface area contributed by atoms with Crippen molar-refractivity contribution in [2.75, 3.05) is 0 Å². The van der Waals surface area contributed by atoms with Gasteiger partial charge in [0, 0.05) is 11.1 Å². The van der Waals surface area contributed by atoms with Gasteiger partial charge in [0.05, 0.1) is 5.69 Å². The van der Waals surface area contributed by atoms with Gasteiger partial charge in [0.25, 0.3) is 0 Å². The molecule has 0 radical (unpaired) electrons. The van der Waals surface area contributed by atoms with Gasteiger partial charge >= 0.3 is 0 Å². The molecule has 0 bridgehead atoms. The van der Waals surface area contributed by atoms with Gasteiger partial charge in [-0.15, -0.1) is 12.6 Å². The van der Waals surface area contributed by atoms with E-state index in [2.05, 4.69) is 17.6 Å². The summed E-state index contributed by atoms with van der Waals surface area (Å²) in [6, 6.07) is 13.4. The minimum absolute atomic E-state index is 0.484. The summed E-state index contributed by atoms with van der Waals surface area (Å²) in [5.41, 5.74) is 0.919. The number of hydrogen-bond acceptors (Lipinski definition) is 3. The van der Waals surface area contributed by atoms with E-state index in [1.54, 1.807) is 6.20 Å². The zero-order valence-electron chi connectivity index (χ0n) is 8.13. The van der Waals surface area contributed by atoms with Crippen molar-refractivity contribution in [1.29, 1.82) is 0 Å². The maximum absolute atomic E-state index is 5.56. The van der Waals surface area contributed by atoms with Crippen molar-refractivity contribution in [2.24, 2.45) is 0 Å². The van der Waals surface area contributed by atoms with Crippen molar-refractivity contribution in [3.05, 3.63) is 54.4 Å². The molecular formula is C12H11NOS. The SMILES string of the molecule is Sc1cccc(OCc2ccccn2)c1. The van der Waals surface area contributed by atoms with E-state index in [0.717, 1.165) is 16.3 Å². The number of thiol groups is 1. The molecule has 0 aliphatic carbocycles. The first-order valence-electron chi connectivity index (χ1n) is 4.66. The topological polar surface area (TPSA) is 22.1 Å².